The molecule has 3 aromatic rings. The minimum absolute atomic E-state index is 0.118. The molecule has 10 heteroatoms. The summed E-state index contributed by atoms with van der Waals surface area (Å²) in [4.78, 5) is 39.0. The molecule has 1 saturated heterocycles. The van der Waals surface area contributed by atoms with Gasteiger partial charge in [-0.15, -0.1) is 0 Å². The molecule has 2 aromatic heterocycles. The van der Waals surface area contributed by atoms with E-state index in [0.29, 0.717) is 77.8 Å². The van der Waals surface area contributed by atoms with Crippen molar-refractivity contribution < 1.29 is 23.8 Å². The van der Waals surface area contributed by atoms with Gasteiger partial charge in [-0.3, -0.25) is 9.59 Å². The van der Waals surface area contributed by atoms with Crippen molar-refractivity contribution in [2.75, 3.05) is 19.7 Å². The number of carbonyl (C=O) groups excluding carboxylic acids is 2. The monoisotopic (exact) mass is 509 g/mol. The van der Waals surface area contributed by atoms with Gasteiger partial charge in [0, 0.05) is 24.8 Å². The molecule has 1 aromatic carbocycles. The molecule has 196 valence electrons. The zero-order valence-corrected chi connectivity index (χ0v) is 21.3. The van der Waals surface area contributed by atoms with Crippen molar-refractivity contribution in [2.45, 2.75) is 58.6 Å². The third-order valence-electron chi connectivity index (χ3n) is 7.20. The highest BCUT2D eigenvalue weighted by atomic mass is 19.1. The van der Waals surface area contributed by atoms with Crippen LogP contribution in [0.3, 0.4) is 0 Å². The van der Waals surface area contributed by atoms with Crippen LogP contribution in [0.5, 0.6) is 5.75 Å². The van der Waals surface area contributed by atoms with Crippen LogP contribution in [0, 0.1) is 25.6 Å². The molecule has 0 radical (unpaired) electrons. The summed E-state index contributed by atoms with van der Waals surface area (Å²) in [6.45, 7) is 6.39. The summed E-state index contributed by atoms with van der Waals surface area (Å²) in [6, 6.07) is 3.34. The van der Waals surface area contributed by atoms with E-state index >= 15 is 4.39 Å². The van der Waals surface area contributed by atoms with Gasteiger partial charge in [0.15, 0.2) is 0 Å². The van der Waals surface area contributed by atoms with Gasteiger partial charge in [0.1, 0.15) is 35.2 Å². The van der Waals surface area contributed by atoms with Crippen molar-refractivity contribution in [1.82, 2.24) is 25.2 Å². The Morgan fingerprint density at radius 1 is 1.22 bits per heavy atom. The number of amides is 2. The fraction of sp³-hybridized carbons (Fsp3) is 0.481. The Balaban J connectivity index is 1.42. The van der Waals surface area contributed by atoms with Gasteiger partial charge in [0.25, 0.3) is 11.8 Å². The van der Waals surface area contributed by atoms with Gasteiger partial charge < -0.3 is 25.0 Å². The van der Waals surface area contributed by atoms with Crippen LogP contribution in [-0.2, 0) is 4.79 Å². The van der Waals surface area contributed by atoms with E-state index in [1.54, 1.807) is 30.9 Å². The number of benzene rings is 1. The normalized spacial score (nSPS) is 17.2. The third-order valence-corrected chi connectivity index (χ3v) is 7.20. The second-order valence-corrected chi connectivity index (χ2v) is 10.1. The van der Waals surface area contributed by atoms with E-state index in [1.807, 2.05) is 0 Å². The first kappa shape index (κ1) is 25.1. The largest absolute Gasteiger partial charge is 0.492 e. The first-order chi connectivity index (χ1) is 17.7. The average Bonchev–Trinajstić information content (AvgIpc) is 3.64. The Morgan fingerprint density at radius 2 is 1.95 bits per heavy atom. The lowest BCUT2D eigenvalue weighted by molar-refractivity contribution is -0.140. The van der Waals surface area contributed by atoms with Crippen LogP contribution >= 0.6 is 0 Å². The second-order valence-electron chi connectivity index (χ2n) is 10.1. The van der Waals surface area contributed by atoms with Crippen molar-refractivity contribution in [3.05, 3.63) is 41.1 Å². The van der Waals surface area contributed by atoms with Crippen LogP contribution in [0.25, 0.3) is 22.3 Å². The number of ether oxygens (including phenoxy) is 1. The molecule has 0 spiro atoms. The summed E-state index contributed by atoms with van der Waals surface area (Å²) in [5, 5.41) is 12.6. The number of rotatable bonds is 7. The number of nitrogens with zero attached hydrogens (tertiary/aromatic N) is 3. The summed E-state index contributed by atoms with van der Waals surface area (Å²) in [7, 11) is 0. The molecule has 3 N–H and O–H groups in total. The Hall–Kier alpha value is -3.53. The molecule has 1 aliphatic heterocycles. The lowest BCUT2D eigenvalue weighted by atomic mass is 10.0. The first-order valence-electron chi connectivity index (χ1n) is 12.8. The summed E-state index contributed by atoms with van der Waals surface area (Å²) in [6.07, 6.45) is 3.71. The van der Waals surface area contributed by atoms with E-state index in [-0.39, 0.29) is 23.4 Å². The highest BCUT2D eigenvalue weighted by Gasteiger charge is 2.29. The predicted octanol–water partition coefficient (Wildman–Crippen LogP) is 3.27. The summed E-state index contributed by atoms with van der Waals surface area (Å²) in [5.74, 6) is -0.0755. The number of hydrogen-bond donors (Lipinski definition) is 3. The quantitative estimate of drug-likeness (QED) is 0.450. The van der Waals surface area contributed by atoms with E-state index in [0.717, 1.165) is 12.8 Å². The van der Waals surface area contributed by atoms with Crippen LogP contribution < -0.4 is 10.1 Å². The van der Waals surface area contributed by atoms with Crippen LogP contribution in [-0.4, -0.2) is 68.6 Å². The second kappa shape index (κ2) is 10.1. The number of piperidine rings is 1. The zero-order chi connectivity index (χ0) is 26.3. The molecule has 0 unspecified atom stereocenters. The lowest BCUT2D eigenvalue weighted by Crippen LogP contribution is -2.48. The van der Waals surface area contributed by atoms with E-state index in [1.165, 1.54) is 13.3 Å². The number of aryl methyl sites for hydroxylation is 2. The van der Waals surface area contributed by atoms with Gasteiger partial charge in [-0.2, -0.15) is 0 Å². The molecular formula is C27H32FN5O4. The number of hydrogen-bond acceptors (Lipinski definition) is 6. The summed E-state index contributed by atoms with van der Waals surface area (Å²) >= 11 is 0. The highest BCUT2D eigenvalue weighted by Crippen LogP contribution is 2.39. The average molecular weight is 510 g/mol. The van der Waals surface area contributed by atoms with Crippen molar-refractivity contribution in [1.29, 1.82) is 0 Å². The van der Waals surface area contributed by atoms with Crippen molar-refractivity contribution >= 4 is 22.8 Å². The van der Waals surface area contributed by atoms with Crippen molar-refractivity contribution in [3.63, 3.8) is 0 Å². The number of H-pyrrole nitrogens is 1. The number of carbonyl (C=O) groups is 2. The number of aliphatic hydroxyl groups is 1. The van der Waals surface area contributed by atoms with E-state index < -0.39 is 11.9 Å². The number of fused-ring (bicyclic) bond motifs is 1. The van der Waals surface area contributed by atoms with Gasteiger partial charge in [-0.25, -0.2) is 14.4 Å². The molecule has 9 nitrogen and oxygen atoms in total. The van der Waals surface area contributed by atoms with E-state index in [2.05, 4.69) is 20.3 Å². The molecule has 1 saturated carbocycles. The van der Waals surface area contributed by atoms with Gasteiger partial charge in [0.2, 0.25) is 0 Å². The van der Waals surface area contributed by atoms with E-state index in [9.17, 15) is 14.7 Å². The third kappa shape index (κ3) is 5.02. The predicted molar refractivity (Wildman–Crippen MR) is 136 cm³/mol. The fourth-order valence-electron chi connectivity index (χ4n) is 4.85. The number of aliphatic hydroxyl groups excluding tert-OH is 1. The molecule has 2 amide bonds. The Morgan fingerprint density at radius 3 is 2.62 bits per heavy atom. The first-order valence-corrected chi connectivity index (χ1v) is 12.8. The minimum Gasteiger partial charge on any atom is -0.492 e. The molecule has 1 aliphatic carbocycles. The zero-order valence-electron chi connectivity index (χ0n) is 21.3. The molecule has 2 aliphatic rings. The standard InChI is InChI=1S/C27H32FN5O4/c1-14-4-7-19(37-12-17-5-6-17)21(22(14)28)24-25-23(29-13-30-24)20(15(2)31-25)26(35)32-18-8-10-33(11-9-18)27(36)16(3)34/h4,7,13,16-18,31,34H,5-6,8-12H2,1-3H3,(H,32,35)/t16-/m0/s1. The maximum atomic E-state index is 15.5. The van der Waals surface area contributed by atoms with Crippen LogP contribution in [0.1, 0.15) is 54.2 Å². The molecule has 1 atom stereocenters. The Kier molecular flexibility index (Phi) is 6.85. The number of aromatic amines is 1. The molecule has 3 heterocycles. The lowest BCUT2D eigenvalue weighted by Gasteiger charge is -2.33. The SMILES string of the molecule is Cc1ccc(OCC2CC2)c(-c2ncnc3c(C(=O)NC4CCN(C(=O)[C@H](C)O)CC4)c(C)[nH]c23)c1F. The molecule has 0 bridgehead atoms. The van der Waals surface area contributed by atoms with Gasteiger partial charge >= 0.3 is 0 Å². The summed E-state index contributed by atoms with van der Waals surface area (Å²) < 4.78 is 21.4. The maximum absolute atomic E-state index is 15.5. The smallest absolute Gasteiger partial charge is 0.255 e. The van der Waals surface area contributed by atoms with Gasteiger partial charge in [-0.1, -0.05) is 6.07 Å². The number of nitrogens with one attached hydrogen (secondary N) is 2. The highest BCUT2D eigenvalue weighted by molar-refractivity contribution is 6.09. The van der Waals surface area contributed by atoms with Gasteiger partial charge in [0.05, 0.1) is 23.3 Å². The molecule has 2 fully saturated rings. The van der Waals surface area contributed by atoms with Crippen LogP contribution in [0.4, 0.5) is 4.39 Å². The van der Waals surface area contributed by atoms with Crippen LogP contribution in [0.15, 0.2) is 18.5 Å². The molecule has 37 heavy (non-hydrogen) atoms. The number of aromatic nitrogens is 3. The van der Waals surface area contributed by atoms with Crippen molar-refractivity contribution in [3.8, 4) is 17.0 Å². The topological polar surface area (TPSA) is 120 Å². The summed E-state index contributed by atoms with van der Waals surface area (Å²) in [5.41, 5.74) is 2.96. The van der Waals surface area contributed by atoms with E-state index in [4.69, 9.17) is 4.74 Å². The van der Waals surface area contributed by atoms with Gasteiger partial charge in [-0.05, 0) is 64.0 Å². The fourth-order valence-corrected chi connectivity index (χ4v) is 4.85. The number of halogens is 1. The Bertz CT molecular complexity index is 1340. The molecular weight excluding hydrogens is 477 g/mol. The maximum Gasteiger partial charge on any atom is 0.255 e. The minimum atomic E-state index is -1.04. The molecule has 5 rings (SSSR count). The number of likely N-dealkylation sites (tertiary alicyclic amines) is 1. The Labute approximate surface area is 214 Å². The van der Waals surface area contributed by atoms with Crippen LogP contribution in [0.2, 0.25) is 0 Å². The van der Waals surface area contributed by atoms with Crippen molar-refractivity contribution in [2.24, 2.45) is 5.92 Å².